The molecule has 0 bridgehead atoms. The first-order valence-corrected chi connectivity index (χ1v) is 7.41. The number of hydrogen-bond acceptors (Lipinski definition) is 3. The largest absolute Gasteiger partial charge is 0.493 e. The second-order valence-electron chi connectivity index (χ2n) is 4.58. The maximum Gasteiger partial charge on any atom is 0.328 e. The quantitative estimate of drug-likeness (QED) is 0.767. The van der Waals surface area contributed by atoms with Gasteiger partial charge in [0.25, 0.3) is 0 Å². The van der Waals surface area contributed by atoms with Crippen molar-refractivity contribution in [2.75, 3.05) is 7.11 Å². The number of aliphatic carboxylic acids is 1. The Morgan fingerprint density at radius 2 is 1.91 bits per heavy atom. The number of ether oxygens (including phenoxy) is 2. The Bertz CT molecular complexity index is 741. The van der Waals surface area contributed by atoms with Crippen LogP contribution in [-0.2, 0) is 11.4 Å². The second-order valence-corrected chi connectivity index (χ2v) is 5.39. The van der Waals surface area contributed by atoms with E-state index in [0.29, 0.717) is 27.1 Å². The summed E-state index contributed by atoms with van der Waals surface area (Å²) in [7, 11) is 1.50. The molecule has 6 heteroatoms. The molecule has 0 aromatic heterocycles. The van der Waals surface area contributed by atoms with E-state index >= 15 is 0 Å². The van der Waals surface area contributed by atoms with E-state index in [9.17, 15) is 4.79 Å². The number of hydrogen-bond donors (Lipinski definition) is 1. The zero-order valence-electron chi connectivity index (χ0n) is 12.3. The molecule has 0 unspecified atom stereocenters. The van der Waals surface area contributed by atoms with Gasteiger partial charge in [0.15, 0.2) is 11.5 Å². The van der Waals surface area contributed by atoms with Crippen LogP contribution in [-0.4, -0.2) is 18.2 Å². The lowest BCUT2D eigenvalue weighted by molar-refractivity contribution is -0.131. The van der Waals surface area contributed by atoms with Gasteiger partial charge in [0.2, 0.25) is 0 Å². The summed E-state index contributed by atoms with van der Waals surface area (Å²) in [4.78, 5) is 10.6. The van der Waals surface area contributed by atoms with Gasteiger partial charge in [-0.2, -0.15) is 0 Å². The summed E-state index contributed by atoms with van der Waals surface area (Å²) in [5.74, 6) is -0.157. The van der Waals surface area contributed by atoms with Crippen LogP contribution in [0.3, 0.4) is 0 Å². The average molecular weight is 353 g/mol. The highest BCUT2D eigenvalue weighted by Gasteiger charge is 2.10. The van der Waals surface area contributed by atoms with Crippen molar-refractivity contribution in [1.82, 2.24) is 0 Å². The fourth-order valence-electron chi connectivity index (χ4n) is 1.88. The molecule has 0 saturated heterocycles. The Morgan fingerprint density at radius 1 is 1.17 bits per heavy atom. The first-order chi connectivity index (χ1) is 11.0. The maximum atomic E-state index is 10.6. The molecule has 0 radical (unpaired) electrons. The molecule has 23 heavy (non-hydrogen) atoms. The Kier molecular flexibility index (Phi) is 5.90. The molecule has 0 heterocycles. The van der Waals surface area contributed by atoms with Crippen molar-refractivity contribution in [2.45, 2.75) is 6.61 Å². The zero-order chi connectivity index (χ0) is 16.8. The van der Waals surface area contributed by atoms with E-state index in [-0.39, 0.29) is 6.61 Å². The second kappa shape index (κ2) is 7.90. The minimum Gasteiger partial charge on any atom is -0.493 e. The van der Waals surface area contributed by atoms with Crippen LogP contribution in [0.5, 0.6) is 11.5 Å². The third-order valence-corrected chi connectivity index (χ3v) is 3.73. The van der Waals surface area contributed by atoms with Crippen LogP contribution < -0.4 is 9.47 Å². The van der Waals surface area contributed by atoms with Crippen LogP contribution in [0, 0.1) is 0 Å². The van der Waals surface area contributed by atoms with Crippen LogP contribution in [0.1, 0.15) is 11.1 Å². The highest BCUT2D eigenvalue weighted by atomic mass is 35.5. The van der Waals surface area contributed by atoms with E-state index in [2.05, 4.69) is 0 Å². The summed E-state index contributed by atoms with van der Waals surface area (Å²) >= 11 is 12.2. The lowest BCUT2D eigenvalue weighted by Gasteiger charge is -2.13. The molecular weight excluding hydrogens is 339 g/mol. The van der Waals surface area contributed by atoms with Crippen molar-refractivity contribution >= 4 is 35.2 Å². The fraction of sp³-hybridized carbons (Fsp3) is 0.118. The molecule has 120 valence electrons. The van der Waals surface area contributed by atoms with Gasteiger partial charge in [-0.3, -0.25) is 0 Å². The lowest BCUT2D eigenvalue weighted by atomic mass is 10.2. The first kappa shape index (κ1) is 17.2. The number of carboxylic acid groups (broad SMARTS) is 1. The number of halogens is 2. The average Bonchev–Trinajstić information content (AvgIpc) is 2.53. The highest BCUT2D eigenvalue weighted by Crippen LogP contribution is 2.34. The van der Waals surface area contributed by atoms with E-state index in [1.807, 2.05) is 18.2 Å². The van der Waals surface area contributed by atoms with Crippen molar-refractivity contribution in [2.24, 2.45) is 0 Å². The molecule has 2 aromatic rings. The lowest BCUT2D eigenvalue weighted by Crippen LogP contribution is -1.99. The standard InChI is InChI=1S/C17H14Cl2O4/c1-22-15-8-11(6-7-17(20)21)14(19)9-16(15)23-10-12-4-2-3-5-13(12)18/h2-9H,10H2,1H3,(H,20,21)/b7-6+. The van der Waals surface area contributed by atoms with Gasteiger partial charge >= 0.3 is 5.97 Å². The Hall–Kier alpha value is -2.17. The Labute approximate surface area is 143 Å². The zero-order valence-corrected chi connectivity index (χ0v) is 13.8. The van der Waals surface area contributed by atoms with Crippen LogP contribution in [0.15, 0.2) is 42.5 Å². The number of rotatable bonds is 6. The third-order valence-electron chi connectivity index (χ3n) is 3.03. The van der Waals surface area contributed by atoms with Gasteiger partial charge in [-0.05, 0) is 23.8 Å². The number of methoxy groups -OCH3 is 1. The van der Waals surface area contributed by atoms with E-state index in [0.717, 1.165) is 11.6 Å². The van der Waals surface area contributed by atoms with Gasteiger partial charge in [0, 0.05) is 22.7 Å². The summed E-state index contributed by atoms with van der Waals surface area (Å²) in [5, 5.41) is 9.65. The smallest absolute Gasteiger partial charge is 0.328 e. The Balaban J connectivity index is 2.23. The third kappa shape index (κ3) is 4.65. The molecule has 0 atom stereocenters. The predicted octanol–water partition coefficient (Wildman–Crippen LogP) is 4.68. The van der Waals surface area contributed by atoms with E-state index in [1.54, 1.807) is 18.2 Å². The minimum atomic E-state index is -1.06. The van der Waals surface area contributed by atoms with Gasteiger partial charge in [0.1, 0.15) is 6.61 Å². The molecule has 4 nitrogen and oxygen atoms in total. The van der Waals surface area contributed by atoms with Crippen molar-refractivity contribution in [3.63, 3.8) is 0 Å². The molecule has 0 amide bonds. The molecule has 1 N–H and O–H groups in total. The van der Waals surface area contributed by atoms with Gasteiger partial charge in [0.05, 0.1) is 12.1 Å². The normalized spacial score (nSPS) is 10.7. The van der Waals surface area contributed by atoms with E-state index < -0.39 is 5.97 Å². The molecule has 0 aliphatic carbocycles. The first-order valence-electron chi connectivity index (χ1n) is 6.66. The van der Waals surface area contributed by atoms with E-state index in [1.165, 1.54) is 13.2 Å². The topological polar surface area (TPSA) is 55.8 Å². The SMILES string of the molecule is COc1cc(/C=C/C(=O)O)c(Cl)cc1OCc1ccccc1Cl. The summed E-state index contributed by atoms with van der Waals surface area (Å²) in [6.45, 7) is 0.261. The molecule has 0 aliphatic heterocycles. The predicted molar refractivity (Wildman–Crippen MR) is 90.5 cm³/mol. The molecule has 0 spiro atoms. The maximum absolute atomic E-state index is 10.6. The monoisotopic (exact) mass is 352 g/mol. The van der Waals surface area contributed by atoms with Crippen LogP contribution in [0.2, 0.25) is 10.0 Å². The van der Waals surface area contributed by atoms with Gasteiger partial charge in [-0.15, -0.1) is 0 Å². The Morgan fingerprint density at radius 3 is 2.57 bits per heavy atom. The van der Waals surface area contributed by atoms with Crippen LogP contribution in [0.4, 0.5) is 0 Å². The van der Waals surface area contributed by atoms with Crippen molar-refractivity contribution in [1.29, 1.82) is 0 Å². The molecule has 2 aromatic carbocycles. The molecule has 0 fully saturated rings. The summed E-state index contributed by atoms with van der Waals surface area (Å²) < 4.78 is 11.0. The summed E-state index contributed by atoms with van der Waals surface area (Å²) in [5.41, 5.74) is 1.36. The molecule has 0 aliphatic rings. The van der Waals surface area contributed by atoms with Crippen molar-refractivity contribution in [3.05, 3.63) is 63.6 Å². The number of carbonyl (C=O) groups is 1. The minimum absolute atomic E-state index is 0.261. The fourth-order valence-corrected chi connectivity index (χ4v) is 2.29. The highest BCUT2D eigenvalue weighted by molar-refractivity contribution is 6.32. The van der Waals surface area contributed by atoms with Gasteiger partial charge < -0.3 is 14.6 Å². The van der Waals surface area contributed by atoms with Gasteiger partial charge in [-0.25, -0.2) is 4.79 Å². The molecule has 0 saturated carbocycles. The number of carboxylic acids is 1. The summed E-state index contributed by atoms with van der Waals surface area (Å²) in [6.07, 6.45) is 2.40. The number of benzene rings is 2. The van der Waals surface area contributed by atoms with Crippen LogP contribution in [0.25, 0.3) is 6.08 Å². The van der Waals surface area contributed by atoms with Crippen molar-refractivity contribution in [3.8, 4) is 11.5 Å². The van der Waals surface area contributed by atoms with Crippen LogP contribution >= 0.6 is 23.2 Å². The molecular formula is C17H14Cl2O4. The van der Waals surface area contributed by atoms with Gasteiger partial charge in [-0.1, -0.05) is 41.4 Å². The van der Waals surface area contributed by atoms with Crippen molar-refractivity contribution < 1.29 is 19.4 Å². The summed E-state index contributed by atoms with van der Waals surface area (Å²) in [6, 6.07) is 10.6. The molecule has 2 rings (SSSR count). The van der Waals surface area contributed by atoms with E-state index in [4.69, 9.17) is 37.8 Å².